The highest BCUT2D eigenvalue weighted by Crippen LogP contribution is 2.23. The van der Waals surface area contributed by atoms with Gasteiger partial charge in [0, 0.05) is 6.54 Å². The number of amides is 1. The fourth-order valence-corrected chi connectivity index (χ4v) is 1.73. The number of aliphatic hydroxyl groups is 1. The number of hydrogen-bond acceptors (Lipinski definition) is 6. The Hall–Kier alpha value is -2.19. The molecular formula is C12H14ClN5O3. The first-order valence-corrected chi connectivity index (χ1v) is 6.58. The van der Waals surface area contributed by atoms with Gasteiger partial charge in [-0.05, 0) is 22.6 Å². The summed E-state index contributed by atoms with van der Waals surface area (Å²) in [6.45, 7) is 0.106. The van der Waals surface area contributed by atoms with Gasteiger partial charge >= 0.3 is 0 Å². The van der Waals surface area contributed by atoms with Crippen LogP contribution in [-0.2, 0) is 17.9 Å². The van der Waals surface area contributed by atoms with Gasteiger partial charge in [0.1, 0.15) is 18.9 Å². The van der Waals surface area contributed by atoms with Gasteiger partial charge in [0.05, 0.1) is 11.6 Å². The van der Waals surface area contributed by atoms with E-state index in [4.69, 9.17) is 21.4 Å². The van der Waals surface area contributed by atoms with Crippen molar-refractivity contribution in [3.8, 4) is 5.75 Å². The summed E-state index contributed by atoms with van der Waals surface area (Å²) >= 11 is 5.97. The molecule has 0 unspecified atom stereocenters. The molecule has 2 N–H and O–H groups in total. The van der Waals surface area contributed by atoms with Crippen molar-refractivity contribution in [1.29, 1.82) is 0 Å². The number of halogens is 1. The number of rotatable bonds is 7. The maximum Gasteiger partial charge on any atom is 0.241 e. The molecule has 2 aromatic rings. The van der Waals surface area contributed by atoms with E-state index in [9.17, 15) is 4.79 Å². The molecule has 0 aliphatic rings. The van der Waals surface area contributed by atoms with Crippen LogP contribution in [0, 0.1) is 0 Å². The summed E-state index contributed by atoms with van der Waals surface area (Å²) < 4.78 is 6.84. The van der Waals surface area contributed by atoms with Crippen LogP contribution in [0.1, 0.15) is 5.82 Å². The number of ether oxygens (including phenoxy) is 1. The lowest BCUT2D eigenvalue weighted by Gasteiger charge is -2.08. The number of para-hydroxylation sites is 1. The molecule has 0 atom stereocenters. The van der Waals surface area contributed by atoms with Crippen LogP contribution >= 0.6 is 11.6 Å². The van der Waals surface area contributed by atoms with Crippen LogP contribution in [0.3, 0.4) is 0 Å². The van der Waals surface area contributed by atoms with Crippen LogP contribution in [0.4, 0.5) is 0 Å². The van der Waals surface area contributed by atoms with Gasteiger partial charge in [-0.2, -0.15) is 0 Å². The Morgan fingerprint density at radius 1 is 1.43 bits per heavy atom. The molecule has 2 rings (SSSR count). The first-order valence-electron chi connectivity index (χ1n) is 6.20. The van der Waals surface area contributed by atoms with Crippen LogP contribution in [0.25, 0.3) is 0 Å². The summed E-state index contributed by atoms with van der Waals surface area (Å²) in [4.78, 5) is 11.5. The molecule has 1 aromatic carbocycles. The van der Waals surface area contributed by atoms with E-state index >= 15 is 0 Å². The molecule has 0 saturated carbocycles. The molecule has 112 valence electrons. The van der Waals surface area contributed by atoms with E-state index in [1.165, 1.54) is 4.68 Å². The van der Waals surface area contributed by atoms with E-state index in [1.54, 1.807) is 24.3 Å². The lowest BCUT2D eigenvalue weighted by molar-refractivity contribution is -0.122. The van der Waals surface area contributed by atoms with Crippen molar-refractivity contribution >= 4 is 17.5 Å². The van der Waals surface area contributed by atoms with Gasteiger partial charge in [-0.3, -0.25) is 4.79 Å². The number of hydrogen-bond donors (Lipinski definition) is 2. The van der Waals surface area contributed by atoms with Crippen molar-refractivity contribution in [2.45, 2.75) is 13.2 Å². The highest BCUT2D eigenvalue weighted by atomic mass is 35.5. The number of carbonyl (C=O) groups excluding carboxylic acids is 1. The van der Waals surface area contributed by atoms with Gasteiger partial charge < -0.3 is 15.2 Å². The topological polar surface area (TPSA) is 102 Å². The predicted octanol–water partition coefficient (Wildman–Crippen LogP) is 0.0140. The zero-order chi connectivity index (χ0) is 15.1. The Morgan fingerprint density at radius 2 is 2.24 bits per heavy atom. The lowest BCUT2D eigenvalue weighted by atomic mass is 10.3. The van der Waals surface area contributed by atoms with Crippen LogP contribution < -0.4 is 10.1 Å². The molecule has 21 heavy (non-hydrogen) atoms. The monoisotopic (exact) mass is 311 g/mol. The van der Waals surface area contributed by atoms with E-state index in [0.29, 0.717) is 16.6 Å². The maximum absolute atomic E-state index is 11.5. The van der Waals surface area contributed by atoms with E-state index in [1.807, 2.05) is 0 Å². The van der Waals surface area contributed by atoms with Gasteiger partial charge in [0.15, 0.2) is 5.82 Å². The summed E-state index contributed by atoms with van der Waals surface area (Å²) in [7, 11) is 0. The van der Waals surface area contributed by atoms with E-state index in [-0.39, 0.29) is 32.2 Å². The molecule has 0 aliphatic heterocycles. The Kier molecular flexibility index (Phi) is 5.47. The molecule has 8 nitrogen and oxygen atoms in total. The second-order valence-corrected chi connectivity index (χ2v) is 4.45. The lowest BCUT2D eigenvalue weighted by Crippen LogP contribution is -2.31. The fourth-order valence-electron chi connectivity index (χ4n) is 1.54. The summed E-state index contributed by atoms with van der Waals surface area (Å²) in [6, 6.07) is 7.03. The van der Waals surface area contributed by atoms with Crippen LogP contribution in [-0.4, -0.2) is 44.4 Å². The molecule has 1 amide bonds. The number of nitrogens with zero attached hydrogens (tertiary/aromatic N) is 4. The fraction of sp³-hybridized carbons (Fsp3) is 0.333. The van der Waals surface area contributed by atoms with Gasteiger partial charge in [-0.15, -0.1) is 5.10 Å². The first kappa shape index (κ1) is 15.2. The average molecular weight is 312 g/mol. The second-order valence-electron chi connectivity index (χ2n) is 4.05. The van der Waals surface area contributed by atoms with Crippen molar-refractivity contribution in [3.63, 3.8) is 0 Å². The molecular weight excluding hydrogens is 298 g/mol. The number of nitrogens with one attached hydrogen (secondary N) is 1. The second kappa shape index (κ2) is 7.55. The van der Waals surface area contributed by atoms with Gasteiger partial charge in [-0.1, -0.05) is 23.7 Å². The smallest absolute Gasteiger partial charge is 0.241 e. The largest absolute Gasteiger partial charge is 0.484 e. The molecule has 0 fully saturated rings. The Morgan fingerprint density at radius 3 is 3.00 bits per heavy atom. The predicted molar refractivity (Wildman–Crippen MR) is 73.7 cm³/mol. The van der Waals surface area contributed by atoms with Gasteiger partial charge in [0.2, 0.25) is 5.91 Å². The Balaban J connectivity index is 1.94. The minimum atomic E-state index is -0.296. The molecule has 0 radical (unpaired) electrons. The van der Waals surface area contributed by atoms with E-state index in [2.05, 4.69) is 20.8 Å². The highest BCUT2D eigenvalue weighted by Gasteiger charge is 2.11. The number of carbonyl (C=O) groups is 1. The third kappa shape index (κ3) is 4.40. The standard InChI is InChI=1S/C12H14ClN5O3/c13-9-3-1-2-4-10(9)21-8-11-15-16-17-18(11)7-12(20)14-5-6-19/h1-4,19H,5-8H2,(H,14,20). The maximum atomic E-state index is 11.5. The number of aromatic nitrogens is 4. The van der Waals surface area contributed by atoms with E-state index in [0.717, 1.165) is 0 Å². The van der Waals surface area contributed by atoms with E-state index < -0.39 is 0 Å². The molecule has 0 bridgehead atoms. The van der Waals surface area contributed by atoms with Crippen molar-refractivity contribution in [3.05, 3.63) is 35.1 Å². The third-order valence-electron chi connectivity index (χ3n) is 2.53. The normalized spacial score (nSPS) is 10.4. The highest BCUT2D eigenvalue weighted by molar-refractivity contribution is 6.32. The van der Waals surface area contributed by atoms with Crippen molar-refractivity contribution in [2.75, 3.05) is 13.2 Å². The molecule has 0 saturated heterocycles. The molecule has 1 heterocycles. The molecule has 1 aromatic heterocycles. The van der Waals surface area contributed by atoms with Crippen molar-refractivity contribution < 1.29 is 14.6 Å². The van der Waals surface area contributed by atoms with Crippen molar-refractivity contribution in [2.24, 2.45) is 0 Å². The molecule has 0 spiro atoms. The SMILES string of the molecule is O=C(Cn1nnnc1COc1ccccc1Cl)NCCO. The van der Waals surface area contributed by atoms with Crippen LogP contribution in [0.15, 0.2) is 24.3 Å². The summed E-state index contributed by atoms with van der Waals surface area (Å²) in [5.74, 6) is 0.614. The molecule has 9 heteroatoms. The zero-order valence-electron chi connectivity index (χ0n) is 11.1. The number of tetrazole rings is 1. The first-order chi connectivity index (χ1) is 10.2. The minimum absolute atomic E-state index is 0.0474. The molecule has 0 aliphatic carbocycles. The van der Waals surface area contributed by atoms with Crippen LogP contribution in [0.5, 0.6) is 5.75 Å². The van der Waals surface area contributed by atoms with Gasteiger partial charge in [-0.25, -0.2) is 4.68 Å². The van der Waals surface area contributed by atoms with Crippen LogP contribution in [0.2, 0.25) is 5.02 Å². The quantitative estimate of drug-likeness (QED) is 0.747. The number of aliphatic hydroxyl groups excluding tert-OH is 1. The van der Waals surface area contributed by atoms with Gasteiger partial charge in [0.25, 0.3) is 0 Å². The van der Waals surface area contributed by atoms with Crippen molar-refractivity contribution in [1.82, 2.24) is 25.5 Å². The third-order valence-corrected chi connectivity index (χ3v) is 2.84. The number of benzene rings is 1. The summed E-state index contributed by atoms with van der Waals surface area (Å²) in [6.07, 6.45) is 0. The Labute approximate surface area is 125 Å². The summed E-state index contributed by atoms with van der Waals surface area (Å²) in [5.41, 5.74) is 0. The Bertz CT molecular complexity index is 604. The summed E-state index contributed by atoms with van der Waals surface area (Å²) in [5, 5.41) is 22.7. The average Bonchev–Trinajstić information content (AvgIpc) is 2.91. The zero-order valence-corrected chi connectivity index (χ0v) is 11.8. The minimum Gasteiger partial charge on any atom is -0.484 e.